The Labute approximate surface area is 157 Å². The van der Waals surface area contributed by atoms with Crippen LogP contribution in [0.2, 0.25) is 0 Å². The van der Waals surface area contributed by atoms with E-state index in [1.165, 1.54) is 0 Å². The average molecular weight is 363 g/mol. The van der Waals surface area contributed by atoms with E-state index in [2.05, 4.69) is 36.0 Å². The van der Waals surface area contributed by atoms with Crippen LogP contribution in [0.3, 0.4) is 0 Å². The second-order valence-electron chi connectivity index (χ2n) is 9.05. The molecule has 1 aromatic rings. The summed E-state index contributed by atoms with van der Waals surface area (Å²) in [5, 5.41) is 3.23. The molecule has 2 fully saturated rings. The third-order valence-corrected chi connectivity index (χ3v) is 6.00. The molecule has 2 heterocycles. The minimum Gasteiger partial charge on any atom is -0.444 e. The number of oxazole rings is 1. The van der Waals surface area contributed by atoms with Crippen LogP contribution >= 0.6 is 0 Å². The van der Waals surface area contributed by atoms with Crippen molar-refractivity contribution in [2.24, 2.45) is 11.3 Å². The maximum absolute atomic E-state index is 12.6. The molecule has 0 aromatic carbocycles. The number of aromatic nitrogens is 1. The molecule has 1 aromatic heterocycles. The van der Waals surface area contributed by atoms with Gasteiger partial charge in [-0.15, -0.1) is 0 Å². The van der Waals surface area contributed by atoms with E-state index in [0.29, 0.717) is 11.5 Å². The van der Waals surface area contributed by atoms with Crippen molar-refractivity contribution >= 4 is 6.03 Å². The predicted octanol–water partition coefficient (Wildman–Crippen LogP) is 3.33. The lowest BCUT2D eigenvalue weighted by Gasteiger charge is -2.44. The number of carbonyl (C=O) groups is 1. The standard InChI is InChI=1S/C20H34N4O2/c1-14-15(2)26-18(21-14)13-23-7-6-8-24(10-9-23)19(25)22-17-11-16(12-17)20(3,4)5/h16-17H,6-13H2,1-5H3,(H,22,25). The summed E-state index contributed by atoms with van der Waals surface area (Å²) >= 11 is 0. The zero-order valence-electron chi connectivity index (χ0n) is 17.0. The summed E-state index contributed by atoms with van der Waals surface area (Å²) < 4.78 is 5.70. The molecule has 1 saturated heterocycles. The SMILES string of the molecule is Cc1nc(CN2CCCN(C(=O)NC3CC(C(C)(C)C)C3)CC2)oc1C. The molecule has 0 bridgehead atoms. The molecule has 0 atom stereocenters. The molecule has 2 amide bonds. The molecule has 0 unspecified atom stereocenters. The zero-order chi connectivity index (χ0) is 18.9. The van der Waals surface area contributed by atoms with E-state index in [4.69, 9.17) is 4.42 Å². The van der Waals surface area contributed by atoms with Gasteiger partial charge in [-0.1, -0.05) is 20.8 Å². The molecule has 1 aliphatic heterocycles. The van der Waals surface area contributed by atoms with Gasteiger partial charge in [-0.05, 0) is 44.4 Å². The van der Waals surface area contributed by atoms with E-state index in [0.717, 1.165) is 75.2 Å². The van der Waals surface area contributed by atoms with Gasteiger partial charge in [0.05, 0.1) is 12.2 Å². The van der Waals surface area contributed by atoms with E-state index >= 15 is 0 Å². The topological polar surface area (TPSA) is 61.6 Å². The minimum absolute atomic E-state index is 0.104. The first-order valence-electron chi connectivity index (χ1n) is 9.93. The molecule has 3 rings (SSSR count). The summed E-state index contributed by atoms with van der Waals surface area (Å²) in [6.07, 6.45) is 3.21. The highest BCUT2D eigenvalue weighted by Crippen LogP contribution is 2.41. The van der Waals surface area contributed by atoms with Gasteiger partial charge in [0, 0.05) is 32.2 Å². The first-order chi connectivity index (χ1) is 12.2. The molecular formula is C20H34N4O2. The number of hydrogen-bond acceptors (Lipinski definition) is 4. The highest BCUT2D eigenvalue weighted by molar-refractivity contribution is 5.74. The van der Waals surface area contributed by atoms with Crippen molar-refractivity contribution in [2.45, 2.75) is 66.5 Å². The van der Waals surface area contributed by atoms with E-state index in [1.807, 2.05) is 18.7 Å². The first kappa shape index (κ1) is 19.2. The van der Waals surface area contributed by atoms with Crippen LogP contribution in [0.4, 0.5) is 4.79 Å². The zero-order valence-corrected chi connectivity index (χ0v) is 17.0. The second-order valence-corrected chi connectivity index (χ2v) is 9.05. The third-order valence-electron chi connectivity index (χ3n) is 6.00. The highest BCUT2D eigenvalue weighted by Gasteiger charge is 2.38. The number of nitrogens with zero attached hydrogens (tertiary/aromatic N) is 3. The maximum atomic E-state index is 12.6. The van der Waals surface area contributed by atoms with Gasteiger partial charge in [0.2, 0.25) is 5.89 Å². The normalized spacial score (nSPS) is 24.9. The lowest BCUT2D eigenvalue weighted by Crippen LogP contribution is -2.52. The molecule has 1 saturated carbocycles. The fourth-order valence-corrected chi connectivity index (χ4v) is 3.84. The average Bonchev–Trinajstić information content (AvgIpc) is 2.71. The van der Waals surface area contributed by atoms with Crippen molar-refractivity contribution in [2.75, 3.05) is 26.2 Å². The Morgan fingerprint density at radius 2 is 1.92 bits per heavy atom. The van der Waals surface area contributed by atoms with E-state index in [1.54, 1.807) is 0 Å². The van der Waals surface area contributed by atoms with Gasteiger partial charge < -0.3 is 14.6 Å². The van der Waals surface area contributed by atoms with Gasteiger partial charge in [-0.25, -0.2) is 9.78 Å². The Morgan fingerprint density at radius 1 is 1.19 bits per heavy atom. The molecule has 146 valence electrons. The first-order valence-corrected chi connectivity index (χ1v) is 9.93. The van der Waals surface area contributed by atoms with Crippen LogP contribution in [-0.4, -0.2) is 53.0 Å². The minimum atomic E-state index is 0.104. The van der Waals surface area contributed by atoms with Gasteiger partial charge in [-0.3, -0.25) is 4.90 Å². The van der Waals surface area contributed by atoms with Crippen molar-refractivity contribution in [3.63, 3.8) is 0 Å². The van der Waals surface area contributed by atoms with Crippen LogP contribution in [0.15, 0.2) is 4.42 Å². The number of aryl methyl sites for hydroxylation is 2. The van der Waals surface area contributed by atoms with Crippen LogP contribution in [0, 0.1) is 25.2 Å². The molecule has 2 aliphatic rings. The largest absolute Gasteiger partial charge is 0.444 e. The highest BCUT2D eigenvalue weighted by atomic mass is 16.4. The summed E-state index contributed by atoms with van der Waals surface area (Å²) in [6.45, 7) is 14.9. The number of nitrogens with one attached hydrogen (secondary N) is 1. The molecule has 0 spiro atoms. The fraction of sp³-hybridized carbons (Fsp3) is 0.800. The summed E-state index contributed by atoms with van der Waals surface area (Å²) in [5.41, 5.74) is 1.31. The fourth-order valence-electron chi connectivity index (χ4n) is 3.84. The number of rotatable bonds is 3. The van der Waals surface area contributed by atoms with Crippen molar-refractivity contribution in [3.05, 3.63) is 17.3 Å². The summed E-state index contributed by atoms with van der Waals surface area (Å²) in [7, 11) is 0. The van der Waals surface area contributed by atoms with Gasteiger partial charge in [0.1, 0.15) is 5.76 Å². The number of hydrogen-bond donors (Lipinski definition) is 1. The Bertz CT molecular complexity index is 609. The van der Waals surface area contributed by atoms with Crippen molar-refractivity contribution < 1.29 is 9.21 Å². The quantitative estimate of drug-likeness (QED) is 0.896. The molecule has 0 radical (unpaired) electrons. The smallest absolute Gasteiger partial charge is 0.317 e. The lowest BCUT2D eigenvalue weighted by atomic mass is 9.66. The Hall–Kier alpha value is -1.56. The predicted molar refractivity (Wildman–Crippen MR) is 102 cm³/mol. The summed E-state index contributed by atoms with van der Waals surface area (Å²) in [4.78, 5) is 21.4. The molecule has 1 N–H and O–H groups in total. The lowest BCUT2D eigenvalue weighted by molar-refractivity contribution is 0.0970. The Kier molecular flexibility index (Phi) is 5.61. The van der Waals surface area contributed by atoms with E-state index < -0.39 is 0 Å². The van der Waals surface area contributed by atoms with Gasteiger partial charge in [0.25, 0.3) is 0 Å². The molecule has 1 aliphatic carbocycles. The van der Waals surface area contributed by atoms with Crippen LogP contribution in [0.1, 0.15) is 57.4 Å². The van der Waals surface area contributed by atoms with Crippen LogP contribution in [-0.2, 0) is 6.54 Å². The van der Waals surface area contributed by atoms with Gasteiger partial charge in [0.15, 0.2) is 0 Å². The Morgan fingerprint density at radius 3 is 2.54 bits per heavy atom. The second kappa shape index (κ2) is 7.59. The van der Waals surface area contributed by atoms with Crippen molar-refractivity contribution in [1.29, 1.82) is 0 Å². The van der Waals surface area contributed by atoms with Gasteiger partial charge in [-0.2, -0.15) is 0 Å². The molecule has 26 heavy (non-hydrogen) atoms. The van der Waals surface area contributed by atoms with E-state index in [9.17, 15) is 4.79 Å². The van der Waals surface area contributed by atoms with Crippen LogP contribution < -0.4 is 5.32 Å². The van der Waals surface area contributed by atoms with E-state index in [-0.39, 0.29) is 6.03 Å². The Balaban J connectivity index is 1.44. The monoisotopic (exact) mass is 362 g/mol. The number of carbonyl (C=O) groups excluding carboxylic acids is 1. The van der Waals surface area contributed by atoms with Gasteiger partial charge >= 0.3 is 6.03 Å². The number of urea groups is 1. The summed E-state index contributed by atoms with van der Waals surface area (Å²) in [6, 6.07) is 0.455. The van der Waals surface area contributed by atoms with Crippen LogP contribution in [0.5, 0.6) is 0 Å². The maximum Gasteiger partial charge on any atom is 0.317 e. The molecule has 6 heteroatoms. The molecule has 6 nitrogen and oxygen atoms in total. The van der Waals surface area contributed by atoms with Crippen molar-refractivity contribution in [3.8, 4) is 0 Å². The van der Waals surface area contributed by atoms with Crippen molar-refractivity contribution in [1.82, 2.24) is 20.1 Å². The summed E-state index contributed by atoms with van der Waals surface area (Å²) in [5.74, 6) is 2.39. The number of amides is 2. The van der Waals surface area contributed by atoms with Crippen LogP contribution in [0.25, 0.3) is 0 Å². The third kappa shape index (κ3) is 4.58. The molecular weight excluding hydrogens is 328 g/mol.